The Labute approximate surface area is 125 Å². The Kier molecular flexibility index (Phi) is 5.06. The molecule has 0 fully saturated rings. The lowest BCUT2D eigenvalue weighted by atomic mass is 9.92. The number of allylic oxidation sites excluding steroid dienone is 1. The topological polar surface area (TPSA) is 40.9 Å². The highest BCUT2D eigenvalue weighted by Gasteiger charge is 2.16. The van der Waals surface area contributed by atoms with Crippen LogP contribution in [0.25, 0.3) is 6.08 Å². The van der Waals surface area contributed by atoms with Gasteiger partial charge in [0.1, 0.15) is 0 Å². The van der Waals surface area contributed by atoms with Gasteiger partial charge in [0.15, 0.2) is 5.78 Å². The monoisotopic (exact) mass is 275 g/mol. The number of rotatable bonds is 5. The van der Waals surface area contributed by atoms with Crippen molar-refractivity contribution in [3.05, 3.63) is 77.4 Å². The van der Waals surface area contributed by atoms with Gasteiger partial charge >= 0.3 is 0 Å². The first-order valence-electron chi connectivity index (χ1n) is 6.92. The molecule has 0 amide bonds. The van der Waals surface area contributed by atoms with E-state index in [9.17, 15) is 10.1 Å². The van der Waals surface area contributed by atoms with Gasteiger partial charge in [-0.3, -0.25) is 4.79 Å². The van der Waals surface area contributed by atoms with Crippen molar-refractivity contribution in [3.63, 3.8) is 0 Å². The van der Waals surface area contributed by atoms with Crippen LogP contribution < -0.4 is 0 Å². The molecule has 21 heavy (non-hydrogen) atoms. The van der Waals surface area contributed by atoms with E-state index in [0.717, 1.165) is 11.1 Å². The first kappa shape index (κ1) is 14.7. The van der Waals surface area contributed by atoms with E-state index in [4.69, 9.17) is 0 Å². The van der Waals surface area contributed by atoms with E-state index in [1.807, 2.05) is 61.5 Å². The molecule has 104 valence electrons. The van der Waals surface area contributed by atoms with Crippen molar-refractivity contribution in [1.82, 2.24) is 0 Å². The van der Waals surface area contributed by atoms with Crippen molar-refractivity contribution < 1.29 is 4.79 Å². The molecule has 0 bridgehead atoms. The van der Waals surface area contributed by atoms with Crippen LogP contribution in [0.4, 0.5) is 0 Å². The van der Waals surface area contributed by atoms with Crippen molar-refractivity contribution in [3.8, 4) is 6.07 Å². The molecule has 0 aromatic heterocycles. The minimum absolute atomic E-state index is 0.00274. The average Bonchev–Trinajstić information content (AvgIpc) is 2.54. The number of Topliss-reactive ketones (excluding diaryl/α,β-unsaturated/α-hetero) is 1. The molecule has 2 rings (SSSR count). The number of hydrogen-bond donors (Lipinski definition) is 0. The van der Waals surface area contributed by atoms with Crippen LogP contribution in [0.3, 0.4) is 0 Å². The number of benzene rings is 2. The maximum atomic E-state index is 12.2. The molecule has 0 saturated carbocycles. The van der Waals surface area contributed by atoms with Crippen molar-refractivity contribution in [2.75, 3.05) is 0 Å². The molecule has 0 aliphatic carbocycles. The molecular weight excluding hydrogens is 258 g/mol. The van der Waals surface area contributed by atoms with Crippen LogP contribution in [0.2, 0.25) is 0 Å². The zero-order valence-electron chi connectivity index (χ0n) is 12.0. The van der Waals surface area contributed by atoms with Crippen molar-refractivity contribution >= 4 is 11.9 Å². The number of carbonyl (C=O) groups is 1. The second-order valence-corrected chi connectivity index (χ2v) is 4.97. The molecule has 0 N–H and O–H groups in total. The summed E-state index contributed by atoms with van der Waals surface area (Å²) in [5.74, 6) is -0.388. The fourth-order valence-electron chi connectivity index (χ4n) is 2.15. The number of nitriles is 1. The lowest BCUT2D eigenvalue weighted by molar-refractivity contribution is 0.0974. The Morgan fingerprint density at radius 2 is 1.67 bits per heavy atom. The van der Waals surface area contributed by atoms with Crippen LogP contribution in [0.15, 0.2) is 66.2 Å². The van der Waals surface area contributed by atoms with Gasteiger partial charge in [-0.15, -0.1) is 0 Å². The normalized spacial score (nSPS) is 12.5. The fourth-order valence-corrected chi connectivity index (χ4v) is 2.15. The highest BCUT2D eigenvalue weighted by Crippen LogP contribution is 2.20. The van der Waals surface area contributed by atoms with Crippen molar-refractivity contribution in [1.29, 1.82) is 5.26 Å². The average molecular weight is 275 g/mol. The summed E-state index contributed by atoms with van der Waals surface area (Å²) < 4.78 is 0. The van der Waals surface area contributed by atoms with E-state index < -0.39 is 5.92 Å². The molecule has 2 nitrogen and oxygen atoms in total. The predicted molar refractivity (Wildman–Crippen MR) is 84.6 cm³/mol. The summed E-state index contributed by atoms with van der Waals surface area (Å²) in [5.41, 5.74) is 2.61. The standard InChI is InChI=1S/C19H17NO/c1-15(12-16-8-4-2-5-9-16)18(14-20)13-19(21)17-10-6-3-7-11-17/h2-12,18H,13H2,1H3/b15-12+. The second kappa shape index (κ2) is 7.21. The zero-order valence-corrected chi connectivity index (χ0v) is 12.0. The fraction of sp³-hybridized carbons (Fsp3) is 0.158. The molecule has 0 spiro atoms. The summed E-state index contributed by atoms with van der Waals surface area (Å²) in [6.45, 7) is 1.90. The van der Waals surface area contributed by atoms with E-state index in [2.05, 4.69) is 6.07 Å². The summed E-state index contributed by atoms with van der Waals surface area (Å²) in [4.78, 5) is 12.2. The van der Waals surface area contributed by atoms with Gasteiger partial charge in [-0.05, 0) is 12.5 Å². The van der Waals surface area contributed by atoms with Crippen molar-refractivity contribution in [2.45, 2.75) is 13.3 Å². The van der Waals surface area contributed by atoms with Crippen LogP contribution in [0.1, 0.15) is 29.3 Å². The number of hydrogen-bond acceptors (Lipinski definition) is 2. The number of ketones is 1. The largest absolute Gasteiger partial charge is 0.294 e. The first-order valence-corrected chi connectivity index (χ1v) is 6.92. The molecule has 0 heterocycles. The third-order valence-electron chi connectivity index (χ3n) is 3.38. The van der Waals surface area contributed by atoms with Gasteiger partial charge in [-0.2, -0.15) is 5.26 Å². The number of carbonyl (C=O) groups excluding carboxylic acids is 1. The summed E-state index contributed by atoms with van der Waals surface area (Å²) in [5, 5.41) is 9.33. The van der Waals surface area contributed by atoms with Gasteiger partial charge in [0.2, 0.25) is 0 Å². The maximum Gasteiger partial charge on any atom is 0.164 e. The Morgan fingerprint density at radius 1 is 1.10 bits per heavy atom. The molecule has 2 heteroatoms. The van der Waals surface area contributed by atoms with E-state index in [1.165, 1.54) is 0 Å². The predicted octanol–water partition coefficient (Wildman–Crippen LogP) is 4.50. The Balaban J connectivity index is 2.12. The maximum absolute atomic E-state index is 12.2. The number of nitrogens with zero attached hydrogens (tertiary/aromatic N) is 1. The van der Waals surface area contributed by atoms with Gasteiger partial charge < -0.3 is 0 Å². The summed E-state index contributed by atoms with van der Waals surface area (Å²) in [7, 11) is 0. The highest BCUT2D eigenvalue weighted by molar-refractivity contribution is 5.96. The Hall–Kier alpha value is -2.66. The van der Waals surface area contributed by atoms with Gasteiger partial charge in [0.25, 0.3) is 0 Å². The third-order valence-corrected chi connectivity index (χ3v) is 3.38. The molecule has 0 saturated heterocycles. The van der Waals surface area contributed by atoms with Crippen LogP contribution in [0.5, 0.6) is 0 Å². The summed E-state index contributed by atoms with van der Waals surface area (Å²) in [6.07, 6.45) is 2.18. The molecule has 2 aromatic rings. The lowest BCUT2D eigenvalue weighted by Gasteiger charge is -2.09. The van der Waals surface area contributed by atoms with Crippen LogP contribution in [-0.4, -0.2) is 5.78 Å². The SMILES string of the molecule is C/C(=C\c1ccccc1)C(C#N)CC(=O)c1ccccc1. The summed E-state index contributed by atoms with van der Waals surface area (Å²) in [6, 6.07) is 21.2. The van der Waals surface area contributed by atoms with E-state index in [-0.39, 0.29) is 12.2 Å². The lowest BCUT2D eigenvalue weighted by Crippen LogP contribution is -2.08. The molecule has 2 aromatic carbocycles. The Morgan fingerprint density at radius 3 is 2.24 bits per heavy atom. The quantitative estimate of drug-likeness (QED) is 0.754. The van der Waals surface area contributed by atoms with Crippen LogP contribution >= 0.6 is 0 Å². The smallest absolute Gasteiger partial charge is 0.164 e. The molecule has 0 aliphatic rings. The van der Waals surface area contributed by atoms with E-state index >= 15 is 0 Å². The first-order chi connectivity index (χ1) is 10.2. The van der Waals surface area contributed by atoms with Gasteiger partial charge in [0.05, 0.1) is 12.0 Å². The van der Waals surface area contributed by atoms with Gasteiger partial charge in [-0.1, -0.05) is 72.3 Å². The molecule has 0 aliphatic heterocycles. The highest BCUT2D eigenvalue weighted by atomic mass is 16.1. The van der Waals surface area contributed by atoms with Crippen LogP contribution in [0, 0.1) is 17.2 Å². The third kappa shape index (κ3) is 4.15. The van der Waals surface area contributed by atoms with E-state index in [1.54, 1.807) is 12.1 Å². The molecule has 1 unspecified atom stereocenters. The van der Waals surface area contributed by atoms with Crippen LogP contribution in [-0.2, 0) is 0 Å². The minimum atomic E-state index is -0.391. The van der Waals surface area contributed by atoms with Gasteiger partial charge in [0, 0.05) is 12.0 Å². The molecular formula is C19H17NO. The minimum Gasteiger partial charge on any atom is -0.294 e. The molecule has 1 atom stereocenters. The zero-order chi connectivity index (χ0) is 15.1. The molecule has 0 radical (unpaired) electrons. The second-order valence-electron chi connectivity index (χ2n) is 4.97. The van der Waals surface area contributed by atoms with Gasteiger partial charge in [-0.25, -0.2) is 0 Å². The van der Waals surface area contributed by atoms with E-state index in [0.29, 0.717) is 5.56 Å². The Bertz CT molecular complexity index is 666. The summed E-state index contributed by atoms with van der Waals surface area (Å²) >= 11 is 0. The van der Waals surface area contributed by atoms with Crippen molar-refractivity contribution in [2.24, 2.45) is 5.92 Å².